The summed E-state index contributed by atoms with van der Waals surface area (Å²) in [4.78, 5) is 27.8. The number of ether oxygens (including phenoxy) is 1. The Morgan fingerprint density at radius 3 is 2.42 bits per heavy atom. The molecule has 1 aliphatic heterocycles. The lowest BCUT2D eigenvalue weighted by molar-refractivity contribution is -0.118. The summed E-state index contributed by atoms with van der Waals surface area (Å²) in [5.74, 6) is 0.138. The molecule has 0 N–H and O–H groups in total. The minimum absolute atomic E-state index is 0.0612. The number of nitrogens with zero attached hydrogens (tertiary/aromatic N) is 2. The molecule has 0 atom stereocenters. The maximum Gasteiger partial charge on any atom is 0.228 e. The zero-order chi connectivity index (χ0) is 22.6. The largest absolute Gasteiger partial charge is 0.494 e. The Morgan fingerprint density at radius 1 is 1.10 bits per heavy atom. The van der Waals surface area contributed by atoms with Gasteiger partial charge < -0.3 is 14.5 Å². The van der Waals surface area contributed by atoms with Gasteiger partial charge in [-0.25, -0.2) is 8.42 Å². The lowest BCUT2D eigenvalue weighted by atomic mass is 10.2. The van der Waals surface area contributed by atoms with Crippen molar-refractivity contribution >= 4 is 33.0 Å². The Balaban J connectivity index is 1.69. The van der Waals surface area contributed by atoms with Crippen molar-refractivity contribution in [3.63, 3.8) is 0 Å². The number of benzene rings is 2. The molecular weight excluding hydrogens is 416 g/mol. The molecule has 166 valence electrons. The minimum atomic E-state index is -3.62. The third-order valence-corrected chi connectivity index (χ3v) is 7.06. The van der Waals surface area contributed by atoms with E-state index >= 15 is 0 Å². The average molecular weight is 445 g/mol. The van der Waals surface area contributed by atoms with Gasteiger partial charge in [0.25, 0.3) is 0 Å². The summed E-state index contributed by atoms with van der Waals surface area (Å²) in [6, 6.07) is 12.0. The first-order valence-corrected chi connectivity index (χ1v) is 12.1. The van der Waals surface area contributed by atoms with Crippen LogP contribution in [-0.4, -0.2) is 45.7 Å². The summed E-state index contributed by atoms with van der Waals surface area (Å²) in [6.45, 7) is 6.80. The Hall–Kier alpha value is -2.87. The molecule has 1 aliphatic rings. The van der Waals surface area contributed by atoms with Gasteiger partial charge in [0.05, 0.1) is 17.3 Å². The highest BCUT2D eigenvalue weighted by Crippen LogP contribution is 2.30. The molecule has 2 aromatic rings. The summed E-state index contributed by atoms with van der Waals surface area (Å²) in [6.07, 6.45) is 0.512. The molecular formula is C23H28N2O5S. The predicted molar refractivity (Wildman–Crippen MR) is 120 cm³/mol. The first-order chi connectivity index (χ1) is 14.8. The van der Waals surface area contributed by atoms with Crippen LogP contribution in [0.5, 0.6) is 5.75 Å². The van der Waals surface area contributed by atoms with Crippen LogP contribution in [0.25, 0.3) is 0 Å². The molecule has 0 fully saturated rings. The summed E-state index contributed by atoms with van der Waals surface area (Å²) >= 11 is 0. The molecule has 7 nitrogen and oxygen atoms in total. The topological polar surface area (TPSA) is 84.0 Å². The van der Waals surface area contributed by atoms with Crippen molar-refractivity contribution in [1.82, 2.24) is 0 Å². The standard InChI is InChI=1S/C23H28N2O5S/c1-4-24(19-6-8-20(9-7-19)30-5-2)23(27)13-15-31(28,29)21-10-11-22-18(16-21)12-14-25(22)17(3)26/h6-11,16H,4-5,12-15H2,1-3H3. The Morgan fingerprint density at radius 2 is 1.81 bits per heavy atom. The number of carbonyl (C=O) groups is 2. The number of hydrogen-bond donors (Lipinski definition) is 0. The summed E-state index contributed by atoms with van der Waals surface area (Å²) < 4.78 is 31.1. The van der Waals surface area contributed by atoms with Crippen LogP contribution in [0.3, 0.4) is 0 Å². The third kappa shape index (κ3) is 5.07. The quantitative estimate of drug-likeness (QED) is 0.624. The monoisotopic (exact) mass is 444 g/mol. The maximum absolute atomic E-state index is 12.8. The maximum atomic E-state index is 12.8. The van der Waals surface area contributed by atoms with Crippen LogP contribution in [0, 0.1) is 0 Å². The van der Waals surface area contributed by atoms with E-state index in [1.165, 1.54) is 13.0 Å². The fourth-order valence-corrected chi connectivity index (χ4v) is 5.04. The van der Waals surface area contributed by atoms with Gasteiger partial charge in [-0.3, -0.25) is 9.59 Å². The van der Waals surface area contributed by atoms with E-state index in [1.807, 2.05) is 13.8 Å². The fraction of sp³-hybridized carbons (Fsp3) is 0.391. The Bertz CT molecular complexity index is 1060. The van der Waals surface area contributed by atoms with Crippen molar-refractivity contribution in [3.05, 3.63) is 48.0 Å². The molecule has 31 heavy (non-hydrogen) atoms. The van der Waals surface area contributed by atoms with Gasteiger partial charge in [0.1, 0.15) is 5.75 Å². The molecule has 0 aromatic heterocycles. The van der Waals surface area contributed by atoms with Gasteiger partial charge in [-0.1, -0.05) is 0 Å². The minimum Gasteiger partial charge on any atom is -0.494 e. The molecule has 0 radical (unpaired) electrons. The second kappa shape index (κ2) is 9.51. The van der Waals surface area contributed by atoms with E-state index in [1.54, 1.807) is 46.2 Å². The van der Waals surface area contributed by atoms with Crippen molar-refractivity contribution < 1.29 is 22.7 Å². The van der Waals surface area contributed by atoms with E-state index in [9.17, 15) is 18.0 Å². The highest BCUT2D eigenvalue weighted by molar-refractivity contribution is 7.91. The van der Waals surface area contributed by atoms with Gasteiger partial charge in [0.15, 0.2) is 9.84 Å². The van der Waals surface area contributed by atoms with Gasteiger partial charge in [-0.2, -0.15) is 0 Å². The lowest BCUT2D eigenvalue weighted by Crippen LogP contribution is -2.32. The zero-order valence-corrected chi connectivity index (χ0v) is 18.9. The summed E-state index contributed by atoms with van der Waals surface area (Å²) in [5.41, 5.74) is 2.30. The first kappa shape index (κ1) is 22.8. The molecule has 0 aliphatic carbocycles. The SMILES string of the molecule is CCOc1ccc(N(CC)C(=O)CCS(=O)(=O)c2ccc3c(c2)CCN3C(C)=O)cc1. The van der Waals surface area contributed by atoms with E-state index in [4.69, 9.17) is 4.74 Å². The van der Waals surface area contributed by atoms with Gasteiger partial charge in [0, 0.05) is 37.8 Å². The summed E-state index contributed by atoms with van der Waals surface area (Å²) in [5, 5.41) is 0. The second-order valence-electron chi connectivity index (χ2n) is 7.34. The average Bonchev–Trinajstić information content (AvgIpc) is 3.18. The Labute approximate surface area is 183 Å². The van der Waals surface area contributed by atoms with Crippen molar-refractivity contribution in [1.29, 1.82) is 0 Å². The number of anilines is 2. The summed E-state index contributed by atoms with van der Waals surface area (Å²) in [7, 11) is -3.62. The van der Waals surface area contributed by atoms with Crippen LogP contribution in [0.1, 0.15) is 32.8 Å². The van der Waals surface area contributed by atoms with Crippen molar-refractivity contribution in [2.24, 2.45) is 0 Å². The van der Waals surface area contributed by atoms with Gasteiger partial charge in [0.2, 0.25) is 11.8 Å². The fourth-order valence-electron chi connectivity index (χ4n) is 3.77. The van der Waals surface area contributed by atoms with Crippen LogP contribution in [-0.2, 0) is 25.8 Å². The van der Waals surface area contributed by atoms with E-state index < -0.39 is 9.84 Å². The Kier molecular flexibility index (Phi) is 7.00. The lowest BCUT2D eigenvalue weighted by Gasteiger charge is -2.21. The van der Waals surface area contributed by atoms with Crippen molar-refractivity contribution in [2.45, 2.75) is 38.5 Å². The van der Waals surface area contributed by atoms with E-state index in [-0.39, 0.29) is 28.9 Å². The molecule has 2 aromatic carbocycles. The van der Waals surface area contributed by atoms with Crippen molar-refractivity contribution in [3.8, 4) is 5.75 Å². The predicted octanol–water partition coefficient (Wildman–Crippen LogP) is 3.21. The molecule has 0 spiro atoms. The molecule has 0 bridgehead atoms. The number of amides is 2. The van der Waals surface area contributed by atoms with E-state index in [2.05, 4.69) is 0 Å². The van der Waals surface area contributed by atoms with E-state index in [0.29, 0.717) is 31.8 Å². The number of carbonyl (C=O) groups excluding carboxylic acids is 2. The number of fused-ring (bicyclic) bond motifs is 1. The molecule has 3 rings (SSSR count). The highest BCUT2D eigenvalue weighted by atomic mass is 32.2. The molecule has 0 saturated carbocycles. The molecule has 0 unspecified atom stereocenters. The van der Waals surface area contributed by atoms with Gasteiger partial charge >= 0.3 is 0 Å². The molecule has 1 heterocycles. The molecule has 8 heteroatoms. The van der Waals surface area contributed by atoms with Gasteiger partial charge in [-0.05, 0) is 68.3 Å². The van der Waals surface area contributed by atoms with Crippen LogP contribution >= 0.6 is 0 Å². The van der Waals surface area contributed by atoms with Crippen LogP contribution < -0.4 is 14.5 Å². The second-order valence-corrected chi connectivity index (χ2v) is 9.45. The molecule has 0 saturated heterocycles. The van der Waals surface area contributed by atoms with E-state index in [0.717, 1.165) is 17.0 Å². The van der Waals surface area contributed by atoms with Gasteiger partial charge in [-0.15, -0.1) is 0 Å². The smallest absolute Gasteiger partial charge is 0.228 e. The number of hydrogen-bond acceptors (Lipinski definition) is 5. The van der Waals surface area contributed by atoms with Crippen molar-refractivity contribution in [2.75, 3.05) is 35.2 Å². The highest BCUT2D eigenvalue weighted by Gasteiger charge is 2.26. The van der Waals surface area contributed by atoms with Crippen LogP contribution in [0.4, 0.5) is 11.4 Å². The molecule has 2 amide bonds. The van der Waals surface area contributed by atoms with Crippen LogP contribution in [0.2, 0.25) is 0 Å². The number of rotatable bonds is 8. The normalized spacial score (nSPS) is 13.1. The first-order valence-electron chi connectivity index (χ1n) is 10.4. The third-order valence-electron chi connectivity index (χ3n) is 5.35. The van der Waals surface area contributed by atoms with Crippen LogP contribution in [0.15, 0.2) is 47.4 Å². The number of sulfone groups is 1. The zero-order valence-electron chi connectivity index (χ0n) is 18.1.